The number of phenols is 1. The van der Waals surface area contributed by atoms with Gasteiger partial charge in [-0.2, -0.15) is 0 Å². The minimum atomic E-state index is -4.17. The Balaban J connectivity index is 0.923. The number of ether oxygens (including phenoxy) is 1. The molecule has 3 heterocycles. The summed E-state index contributed by atoms with van der Waals surface area (Å²) in [6.07, 6.45) is 2.12. The number of amides is 2. The van der Waals surface area contributed by atoms with Gasteiger partial charge in [0, 0.05) is 84.3 Å². The maximum Gasteiger partial charge on any atom is 0.254 e. The molecule has 0 aliphatic carbocycles. The Hall–Kier alpha value is -7.49. The molecule has 0 bridgehead atoms. The van der Waals surface area contributed by atoms with Crippen molar-refractivity contribution in [2.45, 2.75) is 55.4 Å². The Kier molecular flexibility index (Phi) is 13.1. The molecule has 0 radical (unpaired) electrons. The highest BCUT2D eigenvalue weighted by Crippen LogP contribution is 2.36. The maximum absolute atomic E-state index is 14.4. The summed E-state index contributed by atoms with van der Waals surface area (Å²) in [5, 5.41) is 18.5. The third kappa shape index (κ3) is 9.80. The number of carbonyl (C=O) groups is 2. The summed E-state index contributed by atoms with van der Waals surface area (Å²) in [6.45, 7) is 15.2. The number of sulfone groups is 1. The van der Waals surface area contributed by atoms with Gasteiger partial charge in [0.2, 0.25) is 15.4 Å². The first-order valence-corrected chi connectivity index (χ1v) is 23.8. The highest BCUT2D eigenvalue weighted by Gasteiger charge is 2.28. The van der Waals surface area contributed by atoms with Gasteiger partial charge in [-0.3, -0.25) is 19.4 Å². The smallest absolute Gasteiger partial charge is 0.254 e. The second-order valence-electron chi connectivity index (χ2n) is 18.0. The molecule has 1 aliphatic heterocycles. The molecule has 2 amide bonds. The molecule has 1 saturated heterocycles. The molecule has 350 valence electrons. The van der Waals surface area contributed by atoms with E-state index in [0.717, 1.165) is 34.2 Å². The van der Waals surface area contributed by atoms with E-state index in [1.165, 1.54) is 36.5 Å². The fourth-order valence-corrected chi connectivity index (χ4v) is 10.3. The first-order chi connectivity index (χ1) is 32.4. The Labute approximate surface area is 395 Å². The number of pyridine rings is 2. The van der Waals surface area contributed by atoms with Crippen molar-refractivity contribution in [2.75, 3.05) is 45.2 Å². The van der Waals surface area contributed by atoms with Crippen molar-refractivity contribution in [1.82, 2.24) is 25.1 Å². The molecule has 1 atom stereocenters. The van der Waals surface area contributed by atoms with E-state index in [-0.39, 0.29) is 49.6 Å². The number of anilines is 2. The standard InChI is InChI=1S/C53H55N7O7S/c1-32-24-41(28-44-48(32)55-31-45(51(54)63)49(44)57-38-13-9-14-39(27-38)67-6)68(65,66)40-15-8-12-37(26-40)52(64)60-22-20-59(21-23-60)34(3)36-11-7-10-35(25-36)29-53(4,5)56-30-33(2)42-16-18-46(61)50-43(42)17-19-47(62)58-50/h7-19,24-28,31,33,56,61H,3,20-23,29-30H2,1-2,4-6H3,(H2,54,63)(H,55,57)(H,58,62)/t33-/m0/s1. The zero-order valence-electron chi connectivity index (χ0n) is 38.7. The number of nitrogens with two attached hydrogens (primary N) is 1. The molecular formula is C53H55N7O7S. The predicted molar refractivity (Wildman–Crippen MR) is 267 cm³/mol. The van der Waals surface area contributed by atoms with E-state index >= 15 is 0 Å². The summed E-state index contributed by atoms with van der Waals surface area (Å²) in [5.74, 6) is -0.298. The monoisotopic (exact) mass is 933 g/mol. The average molecular weight is 934 g/mol. The minimum absolute atomic E-state index is 0.0327. The second kappa shape index (κ2) is 19.0. The van der Waals surface area contributed by atoms with Gasteiger partial charge in [0.15, 0.2) is 0 Å². The van der Waals surface area contributed by atoms with Crippen molar-refractivity contribution >= 4 is 60.5 Å². The van der Waals surface area contributed by atoms with E-state index in [4.69, 9.17) is 10.5 Å². The number of hydrogen-bond donors (Lipinski definition) is 5. The van der Waals surface area contributed by atoms with Crippen LogP contribution >= 0.6 is 0 Å². The topological polar surface area (TPSA) is 200 Å². The summed E-state index contributed by atoms with van der Waals surface area (Å²) in [4.78, 5) is 49.6. The van der Waals surface area contributed by atoms with Crippen LogP contribution in [0.5, 0.6) is 11.5 Å². The lowest BCUT2D eigenvalue weighted by atomic mass is 9.91. The average Bonchev–Trinajstić information content (AvgIpc) is 3.33. The summed E-state index contributed by atoms with van der Waals surface area (Å²) < 4.78 is 34.1. The number of aromatic amines is 1. The number of phenolic OH excluding ortho intramolecular Hbond substituents is 1. The van der Waals surface area contributed by atoms with Crippen molar-refractivity contribution in [2.24, 2.45) is 5.73 Å². The minimum Gasteiger partial charge on any atom is -0.506 e. The van der Waals surface area contributed by atoms with Gasteiger partial charge in [0.1, 0.15) is 11.5 Å². The van der Waals surface area contributed by atoms with E-state index < -0.39 is 15.7 Å². The van der Waals surface area contributed by atoms with Crippen LogP contribution in [0.15, 0.2) is 137 Å². The number of hydrogen-bond acceptors (Lipinski definition) is 11. The Morgan fingerprint density at radius 1 is 0.897 bits per heavy atom. The number of aromatic nitrogens is 2. The molecule has 1 aliphatic rings. The van der Waals surface area contributed by atoms with Crippen molar-refractivity contribution < 1.29 is 27.9 Å². The molecule has 15 heteroatoms. The first-order valence-electron chi connectivity index (χ1n) is 22.3. The molecule has 5 aromatic carbocycles. The normalized spacial score (nSPS) is 13.7. The summed E-state index contributed by atoms with van der Waals surface area (Å²) in [6, 6.07) is 31.3. The highest BCUT2D eigenvalue weighted by atomic mass is 32.2. The molecule has 1 fully saturated rings. The van der Waals surface area contributed by atoms with E-state index in [1.54, 1.807) is 67.5 Å². The third-order valence-electron chi connectivity index (χ3n) is 12.6. The number of benzene rings is 5. The zero-order chi connectivity index (χ0) is 48.5. The van der Waals surface area contributed by atoms with Gasteiger partial charge >= 0.3 is 0 Å². The molecule has 68 heavy (non-hydrogen) atoms. The van der Waals surface area contributed by atoms with E-state index in [0.29, 0.717) is 71.8 Å². The van der Waals surface area contributed by atoms with E-state index in [1.807, 2.05) is 18.2 Å². The van der Waals surface area contributed by atoms with Crippen LogP contribution in [0.3, 0.4) is 0 Å². The van der Waals surface area contributed by atoms with Gasteiger partial charge in [-0.05, 0) is 116 Å². The molecule has 0 unspecified atom stereocenters. The fraction of sp³-hybridized carbons (Fsp3) is 0.245. The molecule has 0 saturated carbocycles. The zero-order valence-corrected chi connectivity index (χ0v) is 39.5. The van der Waals surface area contributed by atoms with Crippen molar-refractivity contribution in [3.63, 3.8) is 0 Å². The third-order valence-corrected chi connectivity index (χ3v) is 14.4. The number of piperazine rings is 1. The van der Waals surface area contributed by atoms with Gasteiger partial charge in [-0.15, -0.1) is 0 Å². The predicted octanol–water partition coefficient (Wildman–Crippen LogP) is 7.92. The van der Waals surface area contributed by atoms with Crippen LogP contribution < -0.4 is 26.7 Å². The van der Waals surface area contributed by atoms with E-state index in [2.05, 4.69) is 65.0 Å². The number of carbonyl (C=O) groups excluding carboxylic acids is 2. The first kappa shape index (κ1) is 47.0. The van der Waals surface area contributed by atoms with Crippen molar-refractivity contribution in [3.8, 4) is 11.5 Å². The van der Waals surface area contributed by atoms with E-state index in [9.17, 15) is 27.9 Å². The number of rotatable bonds is 15. The van der Waals surface area contributed by atoms with Crippen molar-refractivity contribution in [1.29, 1.82) is 0 Å². The summed E-state index contributed by atoms with van der Waals surface area (Å²) >= 11 is 0. The van der Waals surface area contributed by atoms with Gasteiger partial charge in [-0.25, -0.2) is 8.42 Å². The van der Waals surface area contributed by atoms with Crippen LogP contribution in [0, 0.1) is 6.92 Å². The highest BCUT2D eigenvalue weighted by molar-refractivity contribution is 7.91. The van der Waals surface area contributed by atoms with Crippen LogP contribution in [0.4, 0.5) is 11.4 Å². The number of primary amides is 1. The molecular weight excluding hydrogens is 879 g/mol. The Morgan fingerprint density at radius 3 is 2.37 bits per heavy atom. The number of nitrogens with zero attached hydrogens (tertiary/aromatic N) is 3. The summed E-state index contributed by atoms with van der Waals surface area (Å²) in [5.41, 5.74) is 12.0. The van der Waals surface area contributed by atoms with Crippen LogP contribution in [0.25, 0.3) is 27.5 Å². The number of fused-ring (bicyclic) bond motifs is 2. The fourth-order valence-electron chi connectivity index (χ4n) is 8.91. The molecule has 14 nitrogen and oxygen atoms in total. The van der Waals surface area contributed by atoms with Crippen LogP contribution in [0.2, 0.25) is 0 Å². The van der Waals surface area contributed by atoms with Gasteiger partial charge in [-0.1, -0.05) is 49.9 Å². The second-order valence-corrected chi connectivity index (χ2v) is 19.9. The van der Waals surface area contributed by atoms with Crippen LogP contribution in [-0.2, 0) is 16.3 Å². The number of nitrogens with one attached hydrogen (secondary N) is 3. The van der Waals surface area contributed by atoms with Crippen molar-refractivity contribution in [3.05, 3.63) is 166 Å². The largest absolute Gasteiger partial charge is 0.506 e. The maximum atomic E-state index is 14.4. The molecule has 7 aromatic rings. The number of aromatic hydroxyl groups is 1. The number of methoxy groups -OCH3 is 1. The molecule has 2 aromatic heterocycles. The summed E-state index contributed by atoms with van der Waals surface area (Å²) in [7, 11) is -2.63. The molecule has 8 rings (SSSR count). The Bertz CT molecular complexity index is 3290. The lowest BCUT2D eigenvalue weighted by Gasteiger charge is -2.37. The lowest BCUT2D eigenvalue weighted by molar-refractivity contribution is 0.0686. The van der Waals surface area contributed by atoms with Gasteiger partial charge in [0.25, 0.3) is 11.8 Å². The molecule has 6 N–H and O–H groups in total. The van der Waals surface area contributed by atoms with Crippen LogP contribution in [-0.4, -0.2) is 90.5 Å². The number of H-pyrrole nitrogens is 1. The molecule has 0 spiro atoms. The van der Waals surface area contributed by atoms with Crippen LogP contribution in [0.1, 0.15) is 69.7 Å². The van der Waals surface area contributed by atoms with Gasteiger partial charge in [0.05, 0.1) is 39.2 Å². The Morgan fingerprint density at radius 2 is 1.62 bits per heavy atom. The lowest BCUT2D eigenvalue weighted by Crippen LogP contribution is -2.47. The van der Waals surface area contributed by atoms with Gasteiger partial charge < -0.3 is 41.0 Å². The SMILES string of the molecule is C=C(c1cccc(CC(C)(C)NC[C@H](C)c2ccc(O)c3[nH]c(=O)ccc23)c1)N1CCN(C(=O)c2cccc(S(=O)(=O)c3cc(C)c4ncc(C(N)=O)c(Nc5cccc(OC)c5)c4c3)c2)CC1. The quantitative estimate of drug-likeness (QED) is 0.0669. The number of aryl methyl sites for hydroxylation is 1.